The van der Waals surface area contributed by atoms with Gasteiger partial charge >= 0.3 is 0 Å². The van der Waals surface area contributed by atoms with Crippen molar-refractivity contribution in [3.05, 3.63) is 22.4 Å². The lowest BCUT2D eigenvalue weighted by Crippen LogP contribution is -2.43. The molecule has 0 saturated carbocycles. The summed E-state index contributed by atoms with van der Waals surface area (Å²) in [6, 6.07) is 0. The van der Waals surface area contributed by atoms with Crippen molar-refractivity contribution in [3.63, 3.8) is 0 Å². The molecule has 1 aliphatic heterocycles. The Morgan fingerprint density at radius 2 is 2.23 bits per heavy atom. The topological polar surface area (TPSA) is 142 Å². The maximum atomic E-state index is 14.4. The van der Waals surface area contributed by atoms with Gasteiger partial charge in [0.1, 0.15) is 17.6 Å². The van der Waals surface area contributed by atoms with Crippen LogP contribution >= 0.6 is 11.6 Å². The van der Waals surface area contributed by atoms with Crippen LogP contribution in [0.2, 0.25) is 0 Å². The van der Waals surface area contributed by atoms with Crippen molar-refractivity contribution in [2.75, 3.05) is 11.6 Å². The molecule has 0 bridgehead atoms. The van der Waals surface area contributed by atoms with Gasteiger partial charge < -0.3 is 26.5 Å². The van der Waals surface area contributed by atoms with Gasteiger partial charge in [-0.2, -0.15) is 9.66 Å². The zero-order valence-corrected chi connectivity index (χ0v) is 14.6. The van der Waals surface area contributed by atoms with E-state index in [1.54, 1.807) is 0 Å². The summed E-state index contributed by atoms with van der Waals surface area (Å²) in [7, 11) is 0. The summed E-state index contributed by atoms with van der Waals surface area (Å²) in [6.45, 7) is 2.91. The molecule has 1 aliphatic rings. The fraction of sp³-hybridized carbons (Fsp3) is 0.467. The fourth-order valence-corrected chi connectivity index (χ4v) is 3.42. The van der Waals surface area contributed by atoms with E-state index in [-0.39, 0.29) is 11.6 Å². The molecule has 9 nitrogen and oxygen atoms in total. The molecule has 11 heteroatoms. The lowest BCUT2D eigenvalue weighted by molar-refractivity contribution is -0.0752. The average molecular weight is 386 g/mol. The molecule has 0 aromatic carbocycles. The van der Waals surface area contributed by atoms with Crippen molar-refractivity contribution in [2.24, 2.45) is 0 Å². The molecule has 1 fully saturated rings. The predicted molar refractivity (Wildman–Crippen MR) is 92.1 cm³/mol. The zero-order chi connectivity index (χ0) is 19.4. The number of aliphatic hydroxyl groups is 2. The highest BCUT2D eigenvalue weighted by Crippen LogP contribution is 2.45. The smallest absolute Gasteiger partial charge is 0.285 e. The van der Waals surface area contributed by atoms with Gasteiger partial charge in [-0.3, -0.25) is 9.36 Å². The monoisotopic (exact) mass is 385 g/mol. The highest BCUT2D eigenvalue weighted by atomic mass is 35.5. The van der Waals surface area contributed by atoms with Crippen molar-refractivity contribution >= 4 is 28.6 Å². The summed E-state index contributed by atoms with van der Waals surface area (Å²) in [4.78, 5) is 14.4. The van der Waals surface area contributed by atoms with E-state index in [9.17, 15) is 19.4 Å². The van der Waals surface area contributed by atoms with Gasteiger partial charge in [-0.15, -0.1) is 5.92 Å². The molecule has 0 radical (unpaired) electrons. The number of anilines is 1. The molecular formula is C15H17ClFN5O4. The van der Waals surface area contributed by atoms with Gasteiger partial charge in [0.15, 0.2) is 22.6 Å². The standard InChI is InChI=1S/C15H17ClFN5O4/c1-3-4-15(16)10(24)9(6(2)23)26-13(15)21-5-7(17)8-11(21)20-14(18)22(19)12(8)25/h5-6,9-10,13,23-24H,19H2,1-2H3,(H2,18,20)/t6-,9-,10?,13-,15-/m1/s1. The maximum absolute atomic E-state index is 14.4. The number of rotatable bonds is 2. The molecule has 6 N–H and O–H groups in total. The van der Waals surface area contributed by atoms with Crippen LogP contribution in [0.1, 0.15) is 20.1 Å². The molecule has 2 aromatic heterocycles. The Morgan fingerprint density at radius 1 is 1.58 bits per heavy atom. The highest BCUT2D eigenvalue weighted by Gasteiger charge is 2.57. The number of ether oxygens (including phenoxy) is 1. The van der Waals surface area contributed by atoms with Crippen molar-refractivity contribution in [2.45, 2.75) is 43.3 Å². The van der Waals surface area contributed by atoms with Gasteiger partial charge in [0.05, 0.1) is 6.10 Å². The third-order valence-corrected chi connectivity index (χ3v) is 4.80. The van der Waals surface area contributed by atoms with Gasteiger partial charge in [0, 0.05) is 6.20 Å². The molecule has 0 amide bonds. The van der Waals surface area contributed by atoms with E-state index in [2.05, 4.69) is 16.8 Å². The quantitative estimate of drug-likeness (QED) is 0.303. The maximum Gasteiger partial charge on any atom is 0.285 e. The summed E-state index contributed by atoms with van der Waals surface area (Å²) in [5.41, 5.74) is 4.53. The van der Waals surface area contributed by atoms with Gasteiger partial charge in [0.2, 0.25) is 5.95 Å². The van der Waals surface area contributed by atoms with Crippen LogP contribution in [0.3, 0.4) is 0 Å². The number of aromatic nitrogens is 3. The van der Waals surface area contributed by atoms with Crippen molar-refractivity contribution in [1.82, 2.24) is 14.2 Å². The molecule has 3 rings (SSSR count). The number of halogens is 2. The third kappa shape index (κ3) is 2.44. The first-order valence-electron chi connectivity index (χ1n) is 7.61. The lowest BCUT2D eigenvalue weighted by atomic mass is 9.97. The number of hydrogen-bond acceptors (Lipinski definition) is 7. The molecule has 0 spiro atoms. The van der Waals surface area contributed by atoms with Gasteiger partial charge in [-0.25, -0.2) is 4.39 Å². The summed E-state index contributed by atoms with van der Waals surface area (Å²) in [5, 5.41) is 20.0. The van der Waals surface area contributed by atoms with E-state index in [0.29, 0.717) is 4.68 Å². The minimum absolute atomic E-state index is 0.168. The van der Waals surface area contributed by atoms with E-state index < -0.39 is 46.2 Å². The number of nitrogen functional groups attached to an aromatic ring is 2. The summed E-state index contributed by atoms with van der Waals surface area (Å²) >= 11 is 6.51. The summed E-state index contributed by atoms with van der Waals surface area (Å²) < 4.78 is 21.7. The van der Waals surface area contributed by atoms with Crippen molar-refractivity contribution in [1.29, 1.82) is 0 Å². The first-order valence-corrected chi connectivity index (χ1v) is 7.99. The summed E-state index contributed by atoms with van der Waals surface area (Å²) in [5.74, 6) is 9.40. The van der Waals surface area contributed by atoms with Crippen LogP contribution in [0.4, 0.5) is 10.3 Å². The van der Waals surface area contributed by atoms with E-state index in [4.69, 9.17) is 27.9 Å². The van der Waals surface area contributed by atoms with Gasteiger partial charge in [-0.05, 0) is 13.8 Å². The first kappa shape index (κ1) is 18.5. The largest absolute Gasteiger partial charge is 0.391 e. The molecular weight excluding hydrogens is 369 g/mol. The number of nitrogens with zero attached hydrogens (tertiary/aromatic N) is 3. The lowest BCUT2D eigenvalue weighted by Gasteiger charge is -2.26. The number of nitrogens with two attached hydrogens (primary N) is 2. The normalized spacial score (nSPS) is 29.5. The minimum atomic E-state index is -1.72. The first-order chi connectivity index (χ1) is 12.1. The van der Waals surface area contributed by atoms with E-state index in [0.717, 1.165) is 10.8 Å². The summed E-state index contributed by atoms with van der Waals surface area (Å²) in [6.07, 6.45) is -3.88. The van der Waals surface area contributed by atoms with Crippen molar-refractivity contribution < 1.29 is 19.3 Å². The average Bonchev–Trinajstić information content (AvgIpc) is 3.01. The van der Waals surface area contributed by atoms with Gasteiger partial charge in [-0.1, -0.05) is 17.5 Å². The van der Waals surface area contributed by atoms with Crippen LogP contribution in [-0.2, 0) is 4.74 Å². The van der Waals surface area contributed by atoms with E-state index in [1.165, 1.54) is 13.8 Å². The van der Waals surface area contributed by atoms with E-state index in [1.807, 2.05) is 0 Å². The molecule has 2 aromatic rings. The van der Waals surface area contributed by atoms with Crippen molar-refractivity contribution in [3.8, 4) is 11.8 Å². The molecule has 0 aliphatic carbocycles. The SMILES string of the molecule is CC#C[C@@]1(Cl)C(O)[C@@H]([C@@H](C)O)O[C@H]1n1cc(F)c2c(=O)n(N)c(N)nc21. The number of hydrogen-bond donors (Lipinski definition) is 4. The second-order valence-corrected chi connectivity index (χ2v) is 6.64. The molecule has 1 unspecified atom stereocenters. The number of aliphatic hydroxyl groups excluding tert-OH is 2. The Labute approximate surface area is 151 Å². The number of alkyl halides is 1. The highest BCUT2D eigenvalue weighted by molar-refractivity contribution is 6.27. The molecule has 26 heavy (non-hydrogen) atoms. The second kappa shape index (κ2) is 6.14. The predicted octanol–water partition coefficient (Wildman–Crippen LogP) is -0.727. The molecule has 3 heterocycles. The Hall–Kier alpha value is -2.32. The Bertz CT molecular complexity index is 994. The third-order valence-electron chi connectivity index (χ3n) is 4.29. The van der Waals surface area contributed by atoms with Gasteiger partial charge in [0.25, 0.3) is 5.56 Å². The second-order valence-electron chi connectivity index (χ2n) is 6.01. The Kier molecular flexibility index (Phi) is 4.36. The fourth-order valence-electron chi connectivity index (χ4n) is 3.04. The van der Waals surface area contributed by atoms with E-state index >= 15 is 0 Å². The zero-order valence-electron chi connectivity index (χ0n) is 13.8. The van der Waals surface area contributed by atoms with Crippen LogP contribution in [0.15, 0.2) is 11.0 Å². The van der Waals surface area contributed by atoms with Crippen LogP contribution < -0.4 is 17.1 Å². The molecule has 5 atom stereocenters. The van der Waals surface area contributed by atoms with Crippen LogP contribution in [0, 0.1) is 17.7 Å². The molecule has 1 saturated heterocycles. The number of fused-ring (bicyclic) bond motifs is 1. The Morgan fingerprint density at radius 3 is 2.81 bits per heavy atom. The van der Waals surface area contributed by atoms with Crippen LogP contribution in [0.25, 0.3) is 11.0 Å². The molecule has 140 valence electrons. The van der Waals surface area contributed by atoms with Crippen LogP contribution in [0.5, 0.6) is 0 Å². The minimum Gasteiger partial charge on any atom is -0.391 e. The van der Waals surface area contributed by atoms with Crippen LogP contribution in [-0.4, -0.2) is 47.6 Å². The Balaban J connectivity index is 2.28.